The Hall–Kier alpha value is -1.33. The Labute approximate surface area is 119 Å². The second-order valence-corrected chi connectivity index (χ2v) is 5.78. The van der Waals surface area contributed by atoms with Gasteiger partial charge >= 0.3 is 6.18 Å². The van der Waals surface area contributed by atoms with E-state index in [2.05, 4.69) is 10.7 Å². The summed E-state index contributed by atoms with van der Waals surface area (Å²) >= 11 is 1.58. The molecule has 0 amide bonds. The fourth-order valence-electron chi connectivity index (χ4n) is 2.09. The molecule has 1 aromatic carbocycles. The summed E-state index contributed by atoms with van der Waals surface area (Å²) in [6, 6.07) is 6.00. The molecule has 0 unspecified atom stereocenters. The third-order valence-corrected chi connectivity index (χ3v) is 4.22. The largest absolute Gasteiger partial charge is 0.416 e. The third-order valence-electron chi connectivity index (χ3n) is 3.42. The summed E-state index contributed by atoms with van der Waals surface area (Å²) in [5.74, 6) is 0. The molecule has 1 nitrogen and oxygen atoms in total. The summed E-state index contributed by atoms with van der Waals surface area (Å²) in [5, 5.41) is 7.48. The Balaban J connectivity index is 1.79. The maximum absolute atomic E-state index is 12.5. The van der Waals surface area contributed by atoms with Gasteiger partial charge in [0.2, 0.25) is 0 Å². The van der Waals surface area contributed by atoms with Crippen molar-refractivity contribution in [3.63, 3.8) is 0 Å². The highest BCUT2D eigenvalue weighted by Crippen LogP contribution is 2.33. The number of hydrogen-bond donors (Lipinski definition) is 1. The standard InChI is InChI=1S/C15H14F3NS/c16-15(17,18)12-3-1-10(2-4-12)14-9-20-8-11(14)7-19-13-5-6-13/h1-4,8-9,13,19H,5-7H2. The van der Waals surface area contributed by atoms with Crippen LogP contribution in [0.15, 0.2) is 35.0 Å². The van der Waals surface area contributed by atoms with E-state index in [-0.39, 0.29) is 0 Å². The summed E-state index contributed by atoms with van der Waals surface area (Å²) in [7, 11) is 0. The molecule has 3 rings (SSSR count). The molecule has 0 bridgehead atoms. The molecule has 0 radical (unpaired) electrons. The van der Waals surface area contributed by atoms with Gasteiger partial charge in [-0.3, -0.25) is 0 Å². The summed E-state index contributed by atoms with van der Waals surface area (Å²) in [6.07, 6.45) is -1.83. The van der Waals surface area contributed by atoms with E-state index in [1.807, 2.05) is 5.38 Å². The Bertz CT molecular complexity index is 582. The highest BCUT2D eigenvalue weighted by Gasteiger charge is 2.30. The van der Waals surface area contributed by atoms with E-state index < -0.39 is 11.7 Å². The SMILES string of the molecule is FC(F)(F)c1ccc(-c2cscc2CNC2CC2)cc1. The lowest BCUT2D eigenvalue weighted by atomic mass is 10.0. The van der Waals surface area contributed by atoms with Crippen LogP contribution in [0.5, 0.6) is 0 Å². The van der Waals surface area contributed by atoms with Gasteiger partial charge in [0.1, 0.15) is 0 Å². The van der Waals surface area contributed by atoms with Crippen LogP contribution < -0.4 is 5.32 Å². The van der Waals surface area contributed by atoms with Crippen LogP contribution in [0.2, 0.25) is 0 Å². The van der Waals surface area contributed by atoms with Crippen LogP contribution in [0.1, 0.15) is 24.0 Å². The molecule has 106 valence electrons. The zero-order valence-electron chi connectivity index (χ0n) is 10.7. The van der Waals surface area contributed by atoms with Crippen molar-refractivity contribution in [2.45, 2.75) is 31.6 Å². The first kappa shape index (κ1) is 13.6. The first-order valence-corrected chi connectivity index (χ1v) is 7.44. The first-order valence-electron chi connectivity index (χ1n) is 6.50. The van der Waals surface area contributed by atoms with Gasteiger partial charge in [-0.05, 0) is 52.4 Å². The topological polar surface area (TPSA) is 12.0 Å². The zero-order valence-corrected chi connectivity index (χ0v) is 11.5. The molecule has 20 heavy (non-hydrogen) atoms. The lowest BCUT2D eigenvalue weighted by Crippen LogP contribution is -2.15. The summed E-state index contributed by atoms with van der Waals surface area (Å²) in [4.78, 5) is 0. The number of alkyl halides is 3. The van der Waals surface area contributed by atoms with E-state index in [1.165, 1.54) is 12.8 Å². The molecule has 0 spiro atoms. The predicted octanol–water partition coefficient (Wildman–Crippen LogP) is 4.69. The monoisotopic (exact) mass is 297 g/mol. The molecule has 0 aliphatic heterocycles. The lowest BCUT2D eigenvalue weighted by molar-refractivity contribution is -0.137. The molecule has 2 aromatic rings. The van der Waals surface area contributed by atoms with E-state index in [9.17, 15) is 13.2 Å². The number of hydrogen-bond acceptors (Lipinski definition) is 2. The van der Waals surface area contributed by atoms with E-state index in [4.69, 9.17) is 0 Å². The van der Waals surface area contributed by atoms with Crippen molar-refractivity contribution in [3.8, 4) is 11.1 Å². The van der Waals surface area contributed by atoms with Crippen molar-refractivity contribution >= 4 is 11.3 Å². The van der Waals surface area contributed by atoms with Gasteiger partial charge in [-0.25, -0.2) is 0 Å². The molecule has 0 atom stereocenters. The fraction of sp³-hybridized carbons (Fsp3) is 0.333. The molecule has 1 aromatic heterocycles. The van der Waals surface area contributed by atoms with Crippen molar-refractivity contribution in [3.05, 3.63) is 46.2 Å². The van der Waals surface area contributed by atoms with E-state index >= 15 is 0 Å². The van der Waals surface area contributed by atoms with Gasteiger partial charge in [0.05, 0.1) is 5.56 Å². The summed E-state index contributed by atoms with van der Waals surface area (Å²) < 4.78 is 37.6. The second kappa shape index (κ2) is 5.22. The van der Waals surface area contributed by atoms with Crippen molar-refractivity contribution in [2.24, 2.45) is 0 Å². The average molecular weight is 297 g/mol. The minimum Gasteiger partial charge on any atom is -0.310 e. The van der Waals surface area contributed by atoms with Gasteiger partial charge in [-0.15, -0.1) is 0 Å². The highest BCUT2D eigenvalue weighted by molar-refractivity contribution is 7.08. The minimum absolute atomic E-state index is 0.603. The minimum atomic E-state index is -4.27. The van der Waals surface area contributed by atoms with E-state index in [0.717, 1.165) is 35.4 Å². The van der Waals surface area contributed by atoms with Crippen LogP contribution in [0.4, 0.5) is 13.2 Å². The van der Waals surface area contributed by atoms with Crippen LogP contribution >= 0.6 is 11.3 Å². The first-order chi connectivity index (χ1) is 9.54. The highest BCUT2D eigenvalue weighted by atomic mass is 32.1. The molecule has 0 saturated heterocycles. The maximum Gasteiger partial charge on any atom is 0.416 e. The molecule has 1 aliphatic carbocycles. The van der Waals surface area contributed by atoms with Gasteiger partial charge in [0.15, 0.2) is 0 Å². The second-order valence-electron chi connectivity index (χ2n) is 5.04. The van der Waals surface area contributed by atoms with Gasteiger partial charge < -0.3 is 5.32 Å². The molecule has 5 heteroatoms. The van der Waals surface area contributed by atoms with Gasteiger partial charge in [-0.1, -0.05) is 12.1 Å². The van der Waals surface area contributed by atoms with E-state index in [1.54, 1.807) is 23.5 Å². The number of thiophene rings is 1. The Kier molecular flexibility index (Phi) is 3.56. The average Bonchev–Trinajstić information content (AvgIpc) is 3.12. The van der Waals surface area contributed by atoms with Gasteiger partial charge in [-0.2, -0.15) is 24.5 Å². The summed E-state index contributed by atoms with van der Waals surface area (Å²) in [6.45, 7) is 0.782. The Morgan fingerprint density at radius 1 is 1.10 bits per heavy atom. The van der Waals surface area contributed by atoms with Crippen LogP contribution in [-0.4, -0.2) is 6.04 Å². The lowest BCUT2D eigenvalue weighted by Gasteiger charge is -2.09. The van der Waals surface area contributed by atoms with Crippen molar-refractivity contribution < 1.29 is 13.2 Å². The quantitative estimate of drug-likeness (QED) is 0.863. The molecule has 1 heterocycles. The number of benzene rings is 1. The zero-order chi connectivity index (χ0) is 14.2. The van der Waals surface area contributed by atoms with E-state index in [0.29, 0.717) is 6.04 Å². The molecular formula is C15H14F3NS. The predicted molar refractivity (Wildman–Crippen MR) is 74.6 cm³/mol. The third kappa shape index (κ3) is 3.04. The van der Waals surface area contributed by atoms with Crippen molar-refractivity contribution in [1.82, 2.24) is 5.32 Å². The van der Waals surface area contributed by atoms with Crippen LogP contribution in [-0.2, 0) is 12.7 Å². The van der Waals surface area contributed by atoms with Gasteiger partial charge in [0, 0.05) is 12.6 Å². The van der Waals surface area contributed by atoms with Crippen LogP contribution in [0.3, 0.4) is 0 Å². The molecule has 1 N–H and O–H groups in total. The summed E-state index contributed by atoms with van der Waals surface area (Å²) in [5.41, 5.74) is 2.42. The number of rotatable bonds is 4. The number of halogens is 3. The molecule has 1 fully saturated rings. The number of nitrogens with one attached hydrogen (secondary N) is 1. The van der Waals surface area contributed by atoms with Gasteiger partial charge in [0.25, 0.3) is 0 Å². The Morgan fingerprint density at radius 3 is 2.40 bits per heavy atom. The molecule has 1 saturated carbocycles. The van der Waals surface area contributed by atoms with Crippen molar-refractivity contribution in [1.29, 1.82) is 0 Å². The van der Waals surface area contributed by atoms with Crippen LogP contribution in [0, 0.1) is 0 Å². The molecular weight excluding hydrogens is 283 g/mol. The maximum atomic E-state index is 12.5. The van der Waals surface area contributed by atoms with Crippen LogP contribution in [0.25, 0.3) is 11.1 Å². The normalized spacial score (nSPS) is 15.6. The smallest absolute Gasteiger partial charge is 0.310 e. The molecule has 1 aliphatic rings. The van der Waals surface area contributed by atoms with Crippen molar-refractivity contribution in [2.75, 3.05) is 0 Å². The fourth-order valence-corrected chi connectivity index (χ4v) is 2.96. The Morgan fingerprint density at radius 2 is 1.80 bits per heavy atom.